The number of allylic oxidation sites excluding steroid dienone is 2. The molecule has 7 heteroatoms. The van der Waals surface area contributed by atoms with Gasteiger partial charge in [-0.3, -0.25) is 5.41 Å². The van der Waals surface area contributed by atoms with E-state index in [-0.39, 0.29) is 11.8 Å². The lowest BCUT2D eigenvalue weighted by Crippen LogP contribution is -2.62. The van der Waals surface area contributed by atoms with Gasteiger partial charge in [0.2, 0.25) is 11.7 Å². The fraction of sp³-hybridized carbons (Fsp3) is 0.478. The van der Waals surface area contributed by atoms with Crippen LogP contribution >= 0.6 is 0 Å². The van der Waals surface area contributed by atoms with Crippen LogP contribution in [0.4, 0.5) is 0 Å². The zero-order valence-corrected chi connectivity index (χ0v) is 16.9. The molecule has 0 saturated carbocycles. The fourth-order valence-electron chi connectivity index (χ4n) is 5.26. The molecule has 2 heterocycles. The van der Waals surface area contributed by atoms with Crippen molar-refractivity contribution >= 4 is 5.90 Å². The van der Waals surface area contributed by atoms with E-state index in [4.69, 9.17) is 19.6 Å². The van der Waals surface area contributed by atoms with E-state index in [9.17, 15) is 15.8 Å². The lowest BCUT2D eigenvalue weighted by atomic mass is 9.52. The minimum atomic E-state index is -1.85. The van der Waals surface area contributed by atoms with Gasteiger partial charge in [-0.2, -0.15) is 15.8 Å². The predicted molar refractivity (Wildman–Crippen MR) is 106 cm³/mol. The molecule has 2 bridgehead atoms. The quantitative estimate of drug-likeness (QED) is 0.767. The van der Waals surface area contributed by atoms with E-state index in [1.165, 1.54) is 0 Å². The summed E-state index contributed by atoms with van der Waals surface area (Å²) < 4.78 is 17.8. The van der Waals surface area contributed by atoms with Crippen molar-refractivity contribution in [1.29, 1.82) is 21.2 Å². The van der Waals surface area contributed by atoms with Crippen LogP contribution in [0.2, 0.25) is 0 Å². The second kappa shape index (κ2) is 6.87. The molecule has 5 atom stereocenters. The van der Waals surface area contributed by atoms with Crippen molar-refractivity contribution in [2.75, 3.05) is 7.11 Å². The molecule has 2 saturated heterocycles. The molecule has 3 aliphatic rings. The van der Waals surface area contributed by atoms with Gasteiger partial charge in [0.15, 0.2) is 10.8 Å². The molecule has 152 valence electrons. The van der Waals surface area contributed by atoms with Gasteiger partial charge in [-0.1, -0.05) is 19.1 Å². The van der Waals surface area contributed by atoms with Crippen molar-refractivity contribution in [3.8, 4) is 24.0 Å². The van der Waals surface area contributed by atoms with E-state index in [1.807, 2.05) is 6.08 Å². The highest BCUT2D eigenvalue weighted by molar-refractivity contribution is 5.89. The van der Waals surface area contributed by atoms with Crippen LogP contribution in [0.5, 0.6) is 5.75 Å². The Kier molecular flexibility index (Phi) is 4.57. The van der Waals surface area contributed by atoms with Gasteiger partial charge in [0.25, 0.3) is 0 Å². The second-order valence-electron chi connectivity index (χ2n) is 8.08. The number of methoxy groups -OCH3 is 1. The van der Waals surface area contributed by atoms with Crippen LogP contribution in [0.1, 0.15) is 31.7 Å². The maximum Gasteiger partial charge on any atom is 0.243 e. The number of ether oxygens (including phenoxy) is 3. The summed E-state index contributed by atoms with van der Waals surface area (Å²) in [4.78, 5) is 0. The highest BCUT2D eigenvalue weighted by atomic mass is 16.7. The number of hydrogen-bond acceptors (Lipinski definition) is 7. The van der Waals surface area contributed by atoms with Gasteiger partial charge in [-0.05, 0) is 49.4 Å². The Labute approximate surface area is 175 Å². The lowest BCUT2D eigenvalue weighted by molar-refractivity contribution is -0.296. The van der Waals surface area contributed by atoms with E-state index in [2.05, 4.69) is 24.3 Å². The number of benzene rings is 1. The maximum absolute atomic E-state index is 10.3. The van der Waals surface area contributed by atoms with Crippen molar-refractivity contribution in [2.24, 2.45) is 22.7 Å². The Morgan fingerprint density at radius 2 is 1.80 bits per heavy atom. The Hall–Kier alpha value is -3.34. The summed E-state index contributed by atoms with van der Waals surface area (Å²) in [7, 11) is 1.57. The lowest BCUT2D eigenvalue weighted by Gasteiger charge is -2.51. The molecule has 0 aromatic heterocycles. The van der Waals surface area contributed by atoms with E-state index < -0.39 is 28.6 Å². The molecule has 5 unspecified atom stereocenters. The van der Waals surface area contributed by atoms with Crippen molar-refractivity contribution in [2.45, 2.75) is 38.1 Å². The van der Waals surface area contributed by atoms with Crippen LogP contribution in [0, 0.1) is 62.1 Å². The number of nitriles is 3. The molecule has 4 rings (SSSR count). The third-order valence-electron chi connectivity index (χ3n) is 6.94. The van der Waals surface area contributed by atoms with Gasteiger partial charge >= 0.3 is 0 Å². The topological polar surface area (TPSA) is 123 Å². The molecule has 2 aliphatic heterocycles. The summed E-state index contributed by atoms with van der Waals surface area (Å²) >= 11 is 0. The fourth-order valence-corrected chi connectivity index (χ4v) is 5.26. The first-order valence-electron chi connectivity index (χ1n) is 9.95. The van der Waals surface area contributed by atoms with E-state index >= 15 is 0 Å². The van der Waals surface area contributed by atoms with Crippen LogP contribution in [-0.2, 0) is 15.3 Å². The highest BCUT2D eigenvalue weighted by Crippen LogP contribution is 2.66. The first kappa shape index (κ1) is 20.0. The number of rotatable bonds is 3. The monoisotopic (exact) mass is 402 g/mol. The van der Waals surface area contributed by atoms with Crippen molar-refractivity contribution in [3.63, 3.8) is 0 Å². The largest absolute Gasteiger partial charge is 0.497 e. The molecule has 7 nitrogen and oxygen atoms in total. The van der Waals surface area contributed by atoms with Crippen LogP contribution in [0.25, 0.3) is 0 Å². The summed E-state index contributed by atoms with van der Waals surface area (Å²) in [5.41, 5.74) is -2.96. The Balaban J connectivity index is 1.94. The molecular formula is C23H22N4O3. The molecule has 1 aromatic carbocycles. The number of nitrogens with zero attached hydrogens (tertiary/aromatic N) is 3. The van der Waals surface area contributed by atoms with Crippen LogP contribution in [0.15, 0.2) is 36.4 Å². The van der Waals surface area contributed by atoms with Crippen LogP contribution < -0.4 is 4.74 Å². The molecule has 2 fully saturated rings. The van der Waals surface area contributed by atoms with E-state index in [0.717, 1.165) is 12.8 Å². The number of fused-ring (bicyclic) bond motifs is 2. The minimum absolute atomic E-state index is 0.137. The van der Waals surface area contributed by atoms with Crippen LogP contribution in [0.3, 0.4) is 0 Å². The molecule has 1 aromatic rings. The number of nitrogens with one attached hydrogen (secondary N) is 1. The molecule has 30 heavy (non-hydrogen) atoms. The van der Waals surface area contributed by atoms with Gasteiger partial charge in [0, 0.05) is 5.56 Å². The molecule has 0 spiro atoms. The molecular weight excluding hydrogens is 380 g/mol. The first-order valence-corrected chi connectivity index (χ1v) is 9.95. The third-order valence-corrected chi connectivity index (χ3v) is 6.94. The standard InChI is InChI=1S/C23H22N4O3/c1-15-22(14-26)20(27)30-23(15,17-8-10-18(28-2)11-9-17)29-19(21(22,12-24)13-25)16-6-4-3-5-7-16/h3-4,8-11,15-16,19,27H,5-7H2,1-2H3. The second-order valence-corrected chi connectivity index (χ2v) is 8.08. The summed E-state index contributed by atoms with van der Waals surface area (Å²) in [6, 6.07) is 13.5. The Bertz CT molecular complexity index is 1010. The van der Waals surface area contributed by atoms with Gasteiger partial charge in [0.1, 0.15) is 5.75 Å². The SMILES string of the molecule is COc1ccc(C23OC(=N)C(C#N)(C2C)C(C#N)(C#N)C(C2CC=CCC2)O3)cc1. The molecule has 1 aliphatic carbocycles. The summed E-state index contributed by atoms with van der Waals surface area (Å²) in [6.07, 6.45) is 5.38. The average molecular weight is 402 g/mol. The highest BCUT2D eigenvalue weighted by Gasteiger charge is 2.80. The van der Waals surface area contributed by atoms with Crippen LogP contribution in [-0.4, -0.2) is 19.1 Å². The average Bonchev–Trinajstić information content (AvgIpc) is 2.96. The third kappa shape index (κ3) is 2.23. The zero-order chi connectivity index (χ0) is 21.6. The molecule has 1 N–H and O–H groups in total. The van der Waals surface area contributed by atoms with E-state index in [0.29, 0.717) is 17.7 Å². The van der Waals surface area contributed by atoms with E-state index in [1.54, 1.807) is 38.3 Å². The summed E-state index contributed by atoms with van der Waals surface area (Å²) in [5.74, 6) is -2.05. The van der Waals surface area contributed by atoms with Gasteiger partial charge in [0.05, 0.1) is 37.3 Å². The Morgan fingerprint density at radius 3 is 2.33 bits per heavy atom. The first-order chi connectivity index (χ1) is 14.5. The molecule has 0 radical (unpaired) electrons. The smallest absolute Gasteiger partial charge is 0.243 e. The summed E-state index contributed by atoms with van der Waals surface area (Å²) in [5, 5.41) is 39.4. The Morgan fingerprint density at radius 1 is 1.10 bits per heavy atom. The van der Waals surface area contributed by atoms with Gasteiger partial charge in [-0.25, -0.2) is 0 Å². The predicted octanol–water partition coefficient (Wildman–Crippen LogP) is 3.79. The maximum atomic E-state index is 10.3. The minimum Gasteiger partial charge on any atom is -0.497 e. The normalized spacial score (nSPS) is 36.1. The van der Waals surface area contributed by atoms with Gasteiger partial charge < -0.3 is 14.2 Å². The zero-order valence-electron chi connectivity index (χ0n) is 16.9. The molecule has 0 amide bonds. The number of hydrogen-bond donors (Lipinski definition) is 1. The van der Waals surface area contributed by atoms with Gasteiger partial charge in [-0.15, -0.1) is 0 Å². The van der Waals surface area contributed by atoms with Crippen molar-refractivity contribution in [1.82, 2.24) is 0 Å². The van der Waals surface area contributed by atoms with Crippen molar-refractivity contribution < 1.29 is 14.2 Å². The van der Waals surface area contributed by atoms with Crippen molar-refractivity contribution in [3.05, 3.63) is 42.0 Å². The summed E-state index contributed by atoms with van der Waals surface area (Å²) in [6.45, 7) is 1.72.